The minimum Gasteiger partial charge on any atom is -0.374 e. The van der Waals surface area contributed by atoms with Crippen LogP contribution in [0.1, 0.15) is 30.5 Å². The second-order valence-electron chi connectivity index (χ2n) is 5.51. The molecule has 1 aromatic rings. The van der Waals surface area contributed by atoms with Gasteiger partial charge in [0, 0.05) is 30.5 Å². The van der Waals surface area contributed by atoms with Gasteiger partial charge in [0.05, 0.1) is 0 Å². The van der Waals surface area contributed by atoms with Gasteiger partial charge in [0.2, 0.25) is 0 Å². The maximum absolute atomic E-state index is 11.0. The van der Waals surface area contributed by atoms with Crippen molar-refractivity contribution in [3.63, 3.8) is 0 Å². The van der Waals surface area contributed by atoms with Crippen molar-refractivity contribution in [1.29, 1.82) is 0 Å². The Balaban J connectivity index is 2.88. The van der Waals surface area contributed by atoms with Crippen LogP contribution >= 0.6 is 63.7 Å². The highest BCUT2D eigenvalue weighted by Gasteiger charge is 2.41. The topological polar surface area (TPSA) is 20.2 Å². The van der Waals surface area contributed by atoms with Gasteiger partial charge in [-0.15, -0.1) is 0 Å². The monoisotopic (exact) mass is 540 g/mol. The molecular weight excluding hydrogens is 528 g/mol. The van der Waals surface area contributed by atoms with Crippen molar-refractivity contribution in [2.24, 2.45) is 5.92 Å². The lowest BCUT2D eigenvalue weighted by Crippen LogP contribution is -2.33. The minimum atomic E-state index is -1.11. The number of aliphatic hydroxyl groups is 1. The number of hydrogen-bond donors (Lipinski definition) is 1. The molecule has 0 heterocycles. The highest BCUT2D eigenvalue weighted by molar-refractivity contribution is 9.12. The van der Waals surface area contributed by atoms with E-state index in [0.717, 1.165) is 41.3 Å². The van der Waals surface area contributed by atoms with Gasteiger partial charge in [-0.05, 0) is 85.3 Å². The molecule has 114 valence electrons. The second-order valence-corrected chi connectivity index (χ2v) is 9.10. The molecule has 0 fully saturated rings. The molecule has 1 nitrogen and oxygen atoms in total. The van der Waals surface area contributed by atoms with Crippen LogP contribution in [0.3, 0.4) is 0 Å². The molecule has 0 saturated carbocycles. The van der Waals surface area contributed by atoms with Gasteiger partial charge < -0.3 is 5.11 Å². The lowest BCUT2D eigenvalue weighted by molar-refractivity contribution is 0.164. The van der Waals surface area contributed by atoms with Gasteiger partial charge in [-0.3, -0.25) is 0 Å². The summed E-state index contributed by atoms with van der Waals surface area (Å²) < 4.78 is 1.79. The number of allylic oxidation sites excluding steroid dienone is 2. The standard InChI is InChI=1S/C16H16Br4O/c1-7-5-8(2)14(18)11(13(7)17)12-15(19)9(3)6-10(4)16(12,20)21/h5-6,10,21H,1-4H3. The lowest BCUT2D eigenvalue weighted by atomic mass is 9.84. The first-order valence-electron chi connectivity index (χ1n) is 6.54. The van der Waals surface area contributed by atoms with E-state index in [1.165, 1.54) is 0 Å². The van der Waals surface area contributed by atoms with Gasteiger partial charge in [0.25, 0.3) is 0 Å². The second kappa shape index (κ2) is 6.23. The van der Waals surface area contributed by atoms with Crippen LogP contribution in [0.4, 0.5) is 0 Å². The molecule has 0 spiro atoms. The molecule has 0 aromatic heterocycles. The van der Waals surface area contributed by atoms with Crippen molar-refractivity contribution >= 4 is 69.3 Å². The van der Waals surface area contributed by atoms with Crippen LogP contribution in [0, 0.1) is 19.8 Å². The van der Waals surface area contributed by atoms with Crippen LogP contribution in [0.2, 0.25) is 0 Å². The Morgan fingerprint density at radius 2 is 1.52 bits per heavy atom. The van der Waals surface area contributed by atoms with E-state index in [0.29, 0.717) is 0 Å². The molecule has 2 unspecified atom stereocenters. The first kappa shape index (κ1) is 17.9. The van der Waals surface area contributed by atoms with Gasteiger partial charge in [-0.1, -0.05) is 35.0 Å². The summed E-state index contributed by atoms with van der Waals surface area (Å²) in [5, 5.41) is 11.0. The fourth-order valence-electron chi connectivity index (χ4n) is 2.58. The van der Waals surface area contributed by atoms with Crippen molar-refractivity contribution in [3.8, 4) is 0 Å². The summed E-state index contributed by atoms with van der Waals surface area (Å²) in [5.41, 5.74) is 5.24. The maximum atomic E-state index is 11.0. The van der Waals surface area contributed by atoms with Gasteiger partial charge in [0.1, 0.15) is 0 Å². The molecule has 0 amide bonds. The third-order valence-electron chi connectivity index (χ3n) is 3.83. The predicted molar refractivity (Wildman–Crippen MR) is 104 cm³/mol. The van der Waals surface area contributed by atoms with E-state index < -0.39 is 4.51 Å². The van der Waals surface area contributed by atoms with Gasteiger partial charge in [-0.2, -0.15) is 0 Å². The van der Waals surface area contributed by atoms with Crippen LogP contribution in [0.25, 0.3) is 5.57 Å². The number of rotatable bonds is 1. The summed E-state index contributed by atoms with van der Waals surface area (Å²) >= 11 is 14.6. The molecule has 1 N–H and O–H groups in total. The zero-order valence-electron chi connectivity index (χ0n) is 12.2. The number of benzene rings is 1. The molecule has 2 rings (SSSR count). The lowest BCUT2D eigenvalue weighted by Gasteiger charge is -2.36. The average Bonchev–Trinajstić information content (AvgIpc) is 2.38. The molecule has 0 aliphatic heterocycles. The van der Waals surface area contributed by atoms with Gasteiger partial charge in [0.15, 0.2) is 4.51 Å². The van der Waals surface area contributed by atoms with E-state index in [1.807, 2.05) is 13.8 Å². The molecular formula is C16H16Br4O. The molecule has 0 saturated heterocycles. The molecule has 0 bridgehead atoms. The first-order chi connectivity index (χ1) is 9.59. The normalized spacial score (nSPS) is 26.1. The summed E-state index contributed by atoms with van der Waals surface area (Å²) in [5.74, 6) is -0.0339. The predicted octanol–water partition coefficient (Wildman–Crippen LogP) is 6.61. The molecule has 21 heavy (non-hydrogen) atoms. The Bertz CT molecular complexity index is 645. The molecule has 1 aliphatic rings. The Hall–Kier alpha value is 0.580. The number of alkyl halides is 1. The summed E-state index contributed by atoms with van der Waals surface area (Å²) in [4.78, 5) is 0. The summed E-state index contributed by atoms with van der Waals surface area (Å²) in [7, 11) is 0. The van der Waals surface area contributed by atoms with Crippen molar-refractivity contribution in [2.45, 2.75) is 32.2 Å². The van der Waals surface area contributed by atoms with Crippen molar-refractivity contribution in [3.05, 3.63) is 47.8 Å². The third kappa shape index (κ3) is 3.01. The van der Waals surface area contributed by atoms with Crippen molar-refractivity contribution < 1.29 is 5.11 Å². The number of aryl methyl sites for hydroxylation is 2. The zero-order chi connectivity index (χ0) is 16.1. The van der Waals surface area contributed by atoms with E-state index >= 15 is 0 Å². The fourth-order valence-corrected chi connectivity index (χ4v) is 5.30. The summed E-state index contributed by atoms with van der Waals surface area (Å²) in [6.45, 7) is 8.17. The van der Waals surface area contributed by atoms with E-state index in [-0.39, 0.29) is 5.92 Å². The molecule has 1 aliphatic carbocycles. The highest BCUT2D eigenvalue weighted by atomic mass is 79.9. The quantitative estimate of drug-likeness (QED) is 0.395. The number of halogens is 4. The Kier molecular flexibility index (Phi) is 5.32. The summed E-state index contributed by atoms with van der Waals surface area (Å²) in [6.07, 6.45) is 2.06. The molecule has 5 heteroatoms. The largest absolute Gasteiger partial charge is 0.374 e. The summed E-state index contributed by atoms with van der Waals surface area (Å²) in [6, 6.07) is 2.12. The van der Waals surface area contributed by atoms with E-state index in [4.69, 9.17) is 0 Å². The smallest absolute Gasteiger partial charge is 0.152 e. The molecule has 0 radical (unpaired) electrons. The van der Waals surface area contributed by atoms with E-state index in [2.05, 4.69) is 89.7 Å². The van der Waals surface area contributed by atoms with Crippen LogP contribution in [0.5, 0.6) is 0 Å². The van der Waals surface area contributed by atoms with Crippen LogP contribution in [-0.2, 0) is 0 Å². The van der Waals surface area contributed by atoms with E-state index in [1.54, 1.807) is 0 Å². The minimum absolute atomic E-state index is 0.0339. The van der Waals surface area contributed by atoms with Gasteiger partial charge >= 0.3 is 0 Å². The van der Waals surface area contributed by atoms with Crippen molar-refractivity contribution in [1.82, 2.24) is 0 Å². The van der Waals surface area contributed by atoms with Crippen molar-refractivity contribution in [2.75, 3.05) is 0 Å². The number of hydrogen-bond acceptors (Lipinski definition) is 1. The third-order valence-corrected chi connectivity index (χ3v) is 8.02. The van der Waals surface area contributed by atoms with Crippen LogP contribution in [0.15, 0.2) is 31.1 Å². The van der Waals surface area contributed by atoms with E-state index in [9.17, 15) is 5.11 Å². The maximum Gasteiger partial charge on any atom is 0.152 e. The molecule has 1 aromatic carbocycles. The first-order valence-corrected chi connectivity index (χ1v) is 9.72. The fraction of sp³-hybridized carbons (Fsp3) is 0.375. The molecule has 2 atom stereocenters. The van der Waals surface area contributed by atoms with Gasteiger partial charge in [-0.25, -0.2) is 0 Å². The van der Waals surface area contributed by atoms with Crippen LogP contribution in [-0.4, -0.2) is 9.62 Å². The SMILES string of the molecule is CC1=CC(C)C(O)(Br)C(c2c(Br)c(C)cc(C)c2Br)=C1Br. The Labute approximate surface area is 159 Å². The average molecular weight is 544 g/mol. The van der Waals surface area contributed by atoms with Crippen LogP contribution < -0.4 is 0 Å². The zero-order valence-corrected chi connectivity index (χ0v) is 18.5. The Morgan fingerprint density at radius 1 is 1.05 bits per heavy atom. The Morgan fingerprint density at radius 3 is 2.00 bits per heavy atom. The highest BCUT2D eigenvalue weighted by Crippen LogP contribution is 2.52.